The van der Waals surface area contributed by atoms with E-state index in [2.05, 4.69) is 44.8 Å². The van der Waals surface area contributed by atoms with Gasteiger partial charge in [0.1, 0.15) is 6.10 Å². The van der Waals surface area contributed by atoms with Gasteiger partial charge in [-0.05, 0) is 46.2 Å². The van der Waals surface area contributed by atoms with Crippen LogP contribution in [-0.2, 0) is 9.53 Å². The second-order valence-corrected chi connectivity index (χ2v) is 13.0. The van der Waals surface area contributed by atoms with Gasteiger partial charge >= 0.3 is 6.09 Å². The molecule has 1 aliphatic rings. The minimum absolute atomic E-state index is 0.228. The van der Waals surface area contributed by atoms with Crippen LogP contribution in [-0.4, -0.2) is 34.1 Å². The first kappa shape index (κ1) is 33.2. The number of ether oxygens (including phenoxy) is 1. The molecule has 39 heavy (non-hydrogen) atoms. The molecular formula is C34H58N2O3. The molecule has 2 amide bonds. The SMILES string of the molecule is CCCCCCCCCCCCCCCCCC(=O)N1C(C)(C)CC(OC(=O)Nc2ccccc2)CC1(C)C. The Morgan fingerprint density at radius 3 is 1.64 bits per heavy atom. The minimum Gasteiger partial charge on any atom is -0.446 e. The second-order valence-electron chi connectivity index (χ2n) is 13.0. The Balaban J connectivity index is 1.60. The van der Waals surface area contributed by atoms with E-state index in [0.717, 1.165) is 18.5 Å². The van der Waals surface area contributed by atoms with Crippen LogP contribution in [0.5, 0.6) is 0 Å². The molecule has 0 aromatic heterocycles. The first-order valence-electron chi connectivity index (χ1n) is 16.0. The van der Waals surface area contributed by atoms with Gasteiger partial charge in [0, 0.05) is 36.0 Å². The number of carbonyl (C=O) groups is 2. The summed E-state index contributed by atoms with van der Waals surface area (Å²) in [5.74, 6) is 0.229. The Kier molecular flexibility index (Phi) is 15.0. The summed E-state index contributed by atoms with van der Waals surface area (Å²) < 4.78 is 5.80. The van der Waals surface area contributed by atoms with Crippen LogP contribution in [0.1, 0.15) is 150 Å². The molecule has 0 bridgehead atoms. The molecule has 0 unspecified atom stereocenters. The second kappa shape index (κ2) is 17.6. The molecule has 0 radical (unpaired) electrons. The Bertz CT molecular complexity index is 803. The van der Waals surface area contributed by atoms with Crippen LogP contribution < -0.4 is 5.32 Å². The van der Waals surface area contributed by atoms with Gasteiger partial charge in [-0.1, -0.05) is 115 Å². The molecular weight excluding hydrogens is 484 g/mol. The van der Waals surface area contributed by atoms with Crippen molar-refractivity contribution in [3.05, 3.63) is 30.3 Å². The molecule has 0 saturated carbocycles. The molecule has 0 spiro atoms. The first-order valence-corrected chi connectivity index (χ1v) is 16.0. The van der Waals surface area contributed by atoms with Crippen molar-refractivity contribution in [3.63, 3.8) is 0 Å². The summed E-state index contributed by atoms with van der Waals surface area (Å²) in [6, 6.07) is 9.35. The van der Waals surface area contributed by atoms with Crippen molar-refractivity contribution in [1.82, 2.24) is 4.90 Å². The van der Waals surface area contributed by atoms with Crippen molar-refractivity contribution >= 4 is 17.7 Å². The number of nitrogens with zero attached hydrogens (tertiary/aromatic N) is 1. The number of hydrogen-bond donors (Lipinski definition) is 1. The molecule has 1 aliphatic heterocycles. The van der Waals surface area contributed by atoms with Crippen molar-refractivity contribution in [1.29, 1.82) is 0 Å². The van der Waals surface area contributed by atoms with E-state index in [1.54, 1.807) is 0 Å². The van der Waals surface area contributed by atoms with E-state index in [1.165, 1.54) is 83.5 Å². The van der Waals surface area contributed by atoms with Crippen molar-refractivity contribution in [2.24, 2.45) is 0 Å². The summed E-state index contributed by atoms with van der Waals surface area (Å²) in [5.41, 5.74) is -0.0185. The maximum Gasteiger partial charge on any atom is 0.411 e. The minimum atomic E-state index is -0.435. The number of anilines is 1. The van der Waals surface area contributed by atoms with Crippen LogP contribution in [0.15, 0.2) is 30.3 Å². The van der Waals surface area contributed by atoms with Crippen LogP contribution in [0.3, 0.4) is 0 Å². The molecule has 0 aliphatic carbocycles. The molecule has 1 aromatic carbocycles. The van der Waals surface area contributed by atoms with Gasteiger partial charge in [-0.15, -0.1) is 0 Å². The van der Waals surface area contributed by atoms with E-state index in [0.29, 0.717) is 19.3 Å². The molecule has 1 saturated heterocycles. The van der Waals surface area contributed by atoms with Gasteiger partial charge in [-0.3, -0.25) is 10.1 Å². The number of piperidine rings is 1. The Morgan fingerprint density at radius 2 is 1.18 bits per heavy atom. The maximum atomic E-state index is 13.3. The zero-order valence-electron chi connectivity index (χ0n) is 25.9. The van der Waals surface area contributed by atoms with Gasteiger partial charge in [0.15, 0.2) is 0 Å². The monoisotopic (exact) mass is 542 g/mol. The number of benzene rings is 1. The normalized spacial score (nSPS) is 16.7. The summed E-state index contributed by atoms with van der Waals surface area (Å²) >= 11 is 0. The summed E-state index contributed by atoms with van der Waals surface area (Å²) in [6.45, 7) is 10.7. The number of rotatable bonds is 18. The summed E-state index contributed by atoms with van der Waals surface area (Å²) in [4.78, 5) is 27.9. The van der Waals surface area contributed by atoms with Gasteiger partial charge in [0.05, 0.1) is 0 Å². The van der Waals surface area contributed by atoms with E-state index in [9.17, 15) is 9.59 Å². The van der Waals surface area contributed by atoms with Crippen molar-refractivity contribution < 1.29 is 14.3 Å². The van der Waals surface area contributed by atoms with Gasteiger partial charge in [-0.2, -0.15) is 0 Å². The third-order valence-electron chi connectivity index (χ3n) is 8.20. The lowest BCUT2D eigenvalue weighted by Crippen LogP contribution is -2.64. The molecule has 0 atom stereocenters. The van der Waals surface area contributed by atoms with E-state index in [-0.39, 0.29) is 23.1 Å². The maximum absolute atomic E-state index is 13.3. The number of amides is 2. The van der Waals surface area contributed by atoms with Gasteiger partial charge in [-0.25, -0.2) is 4.79 Å². The quantitative estimate of drug-likeness (QED) is 0.188. The van der Waals surface area contributed by atoms with Gasteiger partial charge in [0.2, 0.25) is 5.91 Å². The highest BCUT2D eigenvalue weighted by atomic mass is 16.6. The number of likely N-dealkylation sites (tertiary alicyclic amines) is 1. The Morgan fingerprint density at radius 1 is 0.744 bits per heavy atom. The number of carbonyl (C=O) groups excluding carboxylic acids is 2. The number of nitrogens with one attached hydrogen (secondary N) is 1. The van der Waals surface area contributed by atoms with Gasteiger partial charge in [0.25, 0.3) is 0 Å². The molecule has 2 rings (SSSR count). The van der Waals surface area contributed by atoms with Gasteiger partial charge < -0.3 is 9.64 Å². The summed E-state index contributed by atoms with van der Waals surface area (Å²) in [5, 5.41) is 2.81. The zero-order valence-corrected chi connectivity index (χ0v) is 25.9. The fraction of sp³-hybridized carbons (Fsp3) is 0.765. The predicted molar refractivity (Wildman–Crippen MR) is 164 cm³/mol. The molecule has 1 aromatic rings. The molecule has 5 heteroatoms. The number of para-hydroxylation sites is 1. The van der Waals surface area contributed by atoms with Crippen LogP contribution >= 0.6 is 0 Å². The molecule has 1 heterocycles. The topological polar surface area (TPSA) is 58.6 Å². The number of hydrogen-bond acceptors (Lipinski definition) is 3. The van der Waals surface area contributed by atoms with Crippen molar-refractivity contribution in [2.75, 3.05) is 5.32 Å². The predicted octanol–water partition coefficient (Wildman–Crippen LogP) is 10.0. The summed E-state index contributed by atoms with van der Waals surface area (Å²) in [6.07, 6.45) is 21.1. The van der Waals surface area contributed by atoms with Crippen LogP contribution in [0.4, 0.5) is 10.5 Å². The lowest BCUT2D eigenvalue weighted by Gasteiger charge is -2.54. The smallest absolute Gasteiger partial charge is 0.411 e. The van der Waals surface area contributed by atoms with E-state index in [1.807, 2.05) is 30.3 Å². The molecule has 222 valence electrons. The van der Waals surface area contributed by atoms with Crippen LogP contribution in [0, 0.1) is 0 Å². The lowest BCUT2D eigenvalue weighted by molar-refractivity contribution is -0.155. The Hall–Kier alpha value is -2.04. The van der Waals surface area contributed by atoms with E-state index >= 15 is 0 Å². The first-order chi connectivity index (χ1) is 18.7. The third kappa shape index (κ3) is 12.8. The zero-order chi connectivity index (χ0) is 28.6. The van der Waals surface area contributed by atoms with E-state index < -0.39 is 6.09 Å². The fourth-order valence-electron chi connectivity index (χ4n) is 6.53. The van der Waals surface area contributed by atoms with Crippen LogP contribution in [0.25, 0.3) is 0 Å². The highest BCUT2D eigenvalue weighted by Crippen LogP contribution is 2.40. The molecule has 5 nitrogen and oxygen atoms in total. The van der Waals surface area contributed by atoms with Crippen molar-refractivity contribution in [3.8, 4) is 0 Å². The fourth-order valence-corrected chi connectivity index (χ4v) is 6.53. The molecule has 1 N–H and O–H groups in total. The largest absolute Gasteiger partial charge is 0.446 e. The highest BCUT2D eigenvalue weighted by molar-refractivity contribution is 5.84. The average Bonchev–Trinajstić information content (AvgIpc) is 2.85. The standard InChI is InChI=1S/C34H58N2O3/c1-6-7-8-9-10-11-12-13-14-15-16-17-18-19-23-26-31(37)36-33(2,3)27-30(28-34(36,4)5)39-32(38)35-29-24-21-20-22-25-29/h20-22,24-25,30H,6-19,23,26-28H2,1-5H3,(H,35,38). The number of unbranched alkanes of at least 4 members (excludes halogenated alkanes) is 14. The third-order valence-corrected chi connectivity index (χ3v) is 8.20. The summed E-state index contributed by atoms with van der Waals surface area (Å²) in [7, 11) is 0. The van der Waals surface area contributed by atoms with Crippen molar-refractivity contribution in [2.45, 2.75) is 167 Å². The molecule has 1 fully saturated rings. The van der Waals surface area contributed by atoms with E-state index in [4.69, 9.17) is 4.74 Å². The highest BCUT2D eigenvalue weighted by Gasteiger charge is 2.48. The Labute approximate surface area is 239 Å². The lowest BCUT2D eigenvalue weighted by atomic mass is 9.77. The van der Waals surface area contributed by atoms with Crippen LogP contribution in [0.2, 0.25) is 0 Å². The average molecular weight is 543 g/mol.